The lowest BCUT2D eigenvalue weighted by molar-refractivity contribution is -0.126. The van der Waals surface area contributed by atoms with Crippen LogP contribution in [0, 0.1) is 5.82 Å². The zero-order valence-corrected chi connectivity index (χ0v) is 17.6. The summed E-state index contributed by atoms with van der Waals surface area (Å²) in [6, 6.07) is 12.2. The van der Waals surface area contributed by atoms with E-state index in [0.29, 0.717) is 23.7 Å². The number of ether oxygens (including phenoxy) is 1. The Morgan fingerprint density at radius 2 is 1.86 bits per heavy atom. The highest BCUT2D eigenvalue weighted by molar-refractivity contribution is 6.31. The van der Waals surface area contributed by atoms with E-state index in [1.807, 2.05) is 31.2 Å². The number of hydrogen-bond acceptors (Lipinski definition) is 4. The summed E-state index contributed by atoms with van der Waals surface area (Å²) in [7, 11) is 1.63. The molecular formula is C22H27ClFN3O2. The molecule has 1 aliphatic heterocycles. The van der Waals surface area contributed by atoms with Gasteiger partial charge in [-0.2, -0.15) is 0 Å². The summed E-state index contributed by atoms with van der Waals surface area (Å²) in [4.78, 5) is 16.9. The normalized spacial score (nSPS) is 16.4. The Labute approximate surface area is 176 Å². The summed E-state index contributed by atoms with van der Waals surface area (Å²) < 4.78 is 19.1. The molecule has 3 rings (SSSR count). The molecule has 0 radical (unpaired) electrons. The third kappa shape index (κ3) is 5.69. The number of halogens is 2. The summed E-state index contributed by atoms with van der Waals surface area (Å²) in [6.45, 7) is 5.93. The first kappa shape index (κ1) is 21.6. The van der Waals surface area contributed by atoms with Crippen molar-refractivity contribution in [2.75, 3.05) is 33.3 Å². The maximum atomic E-state index is 14.0. The van der Waals surface area contributed by atoms with Crippen LogP contribution < -0.4 is 10.1 Å². The van der Waals surface area contributed by atoms with E-state index in [4.69, 9.17) is 16.3 Å². The van der Waals surface area contributed by atoms with E-state index >= 15 is 0 Å². The standard InChI is InChI=1S/C22H27ClFN3O2/c1-16(22(28)25-14-17-6-8-18(29-2)9-7-17)27-12-10-26(11-13-27)15-19-20(23)4-3-5-21(19)24/h3-9,16H,10-15H2,1-2H3,(H,25,28). The lowest BCUT2D eigenvalue weighted by Gasteiger charge is -2.37. The molecule has 1 heterocycles. The number of benzene rings is 2. The molecule has 29 heavy (non-hydrogen) atoms. The summed E-state index contributed by atoms with van der Waals surface area (Å²) >= 11 is 6.13. The largest absolute Gasteiger partial charge is 0.497 e. The van der Waals surface area contributed by atoms with Gasteiger partial charge in [0.15, 0.2) is 0 Å². The predicted molar refractivity (Wildman–Crippen MR) is 113 cm³/mol. The van der Waals surface area contributed by atoms with Gasteiger partial charge in [-0.3, -0.25) is 14.6 Å². The molecule has 1 unspecified atom stereocenters. The second-order valence-corrected chi connectivity index (χ2v) is 7.66. The molecule has 2 aromatic carbocycles. The van der Waals surface area contributed by atoms with Crippen molar-refractivity contribution in [3.63, 3.8) is 0 Å². The van der Waals surface area contributed by atoms with E-state index in [1.165, 1.54) is 6.07 Å². The van der Waals surface area contributed by atoms with E-state index < -0.39 is 0 Å². The number of carbonyl (C=O) groups is 1. The molecule has 0 saturated carbocycles. The Kier molecular flexibility index (Phi) is 7.47. The molecule has 0 aliphatic carbocycles. The van der Waals surface area contributed by atoms with Crippen molar-refractivity contribution in [2.45, 2.75) is 26.1 Å². The number of nitrogens with zero attached hydrogens (tertiary/aromatic N) is 2. The smallest absolute Gasteiger partial charge is 0.237 e. The van der Waals surface area contributed by atoms with Crippen molar-refractivity contribution in [2.24, 2.45) is 0 Å². The number of amides is 1. The van der Waals surface area contributed by atoms with Crippen LogP contribution in [0.4, 0.5) is 4.39 Å². The Hall–Kier alpha value is -2.15. The second-order valence-electron chi connectivity index (χ2n) is 7.25. The minimum absolute atomic E-state index is 0.00594. The van der Waals surface area contributed by atoms with Gasteiger partial charge in [-0.1, -0.05) is 29.8 Å². The minimum atomic E-state index is -0.272. The summed E-state index contributed by atoms with van der Waals surface area (Å²) in [6.07, 6.45) is 0. The highest BCUT2D eigenvalue weighted by atomic mass is 35.5. The van der Waals surface area contributed by atoms with Crippen LogP contribution in [-0.2, 0) is 17.9 Å². The molecule has 2 aromatic rings. The van der Waals surface area contributed by atoms with Gasteiger partial charge in [0.2, 0.25) is 5.91 Å². The molecule has 0 spiro atoms. The lowest BCUT2D eigenvalue weighted by Crippen LogP contribution is -2.53. The summed E-state index contributed by atoms with van der Waals surface area (Å²) in [5.41, 5.74) is 1.56. The third-order valence-electron chi connectivity index (χ3n) is 5.40. The van der Waals surface area contributed by atoms with Gasteiger partial charge in [-0.25, -0.2) is 4.39 Å². The maximum absolute atomic E-state index is 14.0. The molecular weight excluding hydrogens is 393 g/mol. The van der Waals surface area contributed by atoms with Gasteiger partial charge >= 0.3 is 0 Å². The van der Waals surface area contributed by atoms with Crippen LogP contribution in [0.3, 0.4) is 0 Å². The minimum Gasteiger partial charge on any atom is -0.497 e. The average Bonchev–Trinajstić information content (AvgIpc) is 2.75. The van der Waals surface area contributed by atoms with Gasteiger partial charge in [-0.05, 0) is 36.8 Å². The number of nitrogens with one attached hydrogen (secondary N) is 1. The average molecular weight is 420 g/mol. The zero-order chi connectivity index (χ0) is 20.8. The molecule has 1 fully saturated rings. The van der Waals surface area contributed by atoms with Crippen LogP contribution in [-0.4, -0.2) is 55.0 Å². The van der Waals surface area contributed by atoms with Crippen LogP contribution in [0.15, 0.2) is 42.5 Å². The number of rotatable bonds is 7. The zero-order valence-electron chi connectivity index (χ0n) is 16.8. The highest BCUT2D eigenvalue weighted by Crippen LogP contribution is 2.21. The molecule has 0 aromatic heterocycles. The molecule has 7 heteroatoms. The fraction of sp³-hybridized carbons (Fsp3) is 0.409. The van der Waals surface area contributed by atoms with E-state index in [0.717, 1.165) is 37.5 Å². The Morgan fingerprint density at radius 1 is 1.17 bits per heavy atom. The van der Waals surface area contributed by atoms with Crippen molar-refractivity contribution in [3.05, 3.63) is 64.4 Å². The van der Waals surface area contributed by atoms with Crippen LogP contribution >= 0.6 is 11.6 Å². The molecule has 156 valence electrons. The van der Waals surface area contributed by atoms with E-state index in [1.54, 1.807) is 19.2 Å². The quantitative estimate of drug-likeness (QED) is 0.747. The van der Waals surface area contributed by atoms with Gasteiger partial charge in [0, 0.05) is 49.9 Å². The lowest BCUT2D eigenvalue weighted by atomic mass is 10.1. The molecule has 0 bridgehead atoms. The summed E-state index contributed by atoms with van der Waals surface area (Å²) in [5.74, 6) is 0.528. The van der Waals surface area contributed by atoms with Crippen LogP contribution in [0.25, 0.3) is 0 Å². The van der Waals surface area contributed by atoms with Gasteiger partial charge in [0.05, 0.1) is 13.2 Å². The van der Waals surface area contributed by atoms with Crippen molar-refractivity contribution in [1.29, 1.82) is 0 Å². The Balaban J connectivity index is 1.46. The van der Waals surface area contributed by atoms with Crippen LogP contribution in [0.5, 0.6) is 5.75 Å². The first-order chi connectivity index (χ1) is 14.0. The fourth-order valence-electron chi connectivity index (χ4n) is 3.46. The van der Waals surface area contributed by atoms with Gasteiger partial charge in [0.1, 0.15) is 11.6 Å². The van der Waals surface area contributed by atoms with E-state index in [2.05, 4.69) is 15.1 Å². The molecule has 1 N–H and O–H groups in total. The highest BCUT2D eigenvalue weighted by Gasteiger charge is 2.26. The van der Waals surface area contributed by atoms with Crippen molar-refractivity contribution < 1.29 is 13.9 Å². The molecule has 1 amide bonds. The monoisotopic (exact) mass is 419 g/mol. The Morgan fingerprint density at radius 3 is 2.48 bits per heavy atom. The first-order valence-corrected chi connectivity index (χ1v) is 10.2. The van der Waals surface area contributed by atoms with E-state index in [-0.39, 0.29) is 17.8 Å². The number of piperazine rings is 1. The fourth-order valence-corrected chi connectivity index (χ4v) is 3.68. The van der Waals surface area contributed by atoms with Gasteiger partial charge in [-0.15, -0.1) is 0 Å². The molecule has 1 atom stereocenters. The number of carbonyl (C=O) groups excluding carboxylic acids is 1. The maximum Gasteiger partial charge on any atom is 0.237 e. The third-order valence-corrected chi connectivity index (χ3v) is 5.76. The van der Waals surface area contributed by atoms with Crippen LogP contribution in [0.1, 0.15) is 18.1 Å². The molecule has 1 saturated heterocycles. The van der Waals surface area contributed by atoms with Gasteiger partial charge < -0.3 is 10.1 Å². The van der Waals surface area contributed by atoms with Crippen molar-refractivity contribution >= 4 is 17.5 Å². The Bertz CT molecular complexity index is 803. The predicted octanol–water partition coefficient (Wildman–Crippen LogP) is 3.31. The topological polar surface area (TPSA) is 44.8 Å². The number of methoxy groups -OCH3 is 1. The number of hydrogen-bond donors (Lipinski definition) is 1. The van der Waals surface area contributed by atoms with Gasteiger partial charge in [0.25, 0.3) is 0 Å². The SMILES string of the molecule is COc1ccc(CNC(=O)C(C)N2CCN(Cc3c(F)cccc3Cl)CC2)cc1. The van der Waals surface area contributed by atoms with Crippen molar-refractivity contribution in [1.82, 2.24) is 15.1 Å². The first-order valence-electron chi connectivity index (χ1n) is 9.78. The summed E-state index contributed by atoms with van der Waals surface area (Å²) in [5, 5.41) is 3.45. The molecule has 5 nitrogen and oxygen atoms in total. The molecule has 1 aliphatic rings. The van der Waals surface area contributed by atoms with Crippen molar-refractivity contribution in [3.8, 4) is 5.75 Å². The van der Waals surface area contributed by atoms with Crippen LogP contribution in [0.2, 0.25) is 5.02 Å². The second kappa shape index (κ2) is 10.1. The van der Waals surface area contributed by atoms with E-state index in [9.17, 15) is 9.18 Å².